The average Bonchev–Trinajstić information content (AvgIpc) is 2.06. The normalized spacial score (nSPS) is 8.50. The molecule has 0 saturated carbocycles. The van der Waals surface area contributed by atoms with Gasteiger partial charge in [0.25, 0.3) is 0 Å². The predicted octanol–water partition coefficient (Wildman–Crippen LogP) is 2.04. The second-order valence-electron chi connectivity index (χ2n) is 2.58. The molecule has 0 atom stereocenters. The molecule has 0 aliphatic rings. The molecule has 12 heavy (non-hydrogen) atoms. The molecule has 0 heterocycles. The molecule has 0 aromatic heterocycles. The van der Waals surface area contributed by atoms with Gasteiger partial charge in [0.1, 0.15) is 0 Å². The topological polar surface area (TPSA) is 0 Å². The fourth-order valence-corrected chi connectivity index (χ4v) is 1.09. The Morgan fingerprint density at radius 3 is 1.92 bits per heavy atom. The first-order valence-electron chi connectivity index (χ1n) is 3.81. The molecule has 0 spiro atoms. The number of hydrogen-bond acceptors (Lipinski definition) is 0. The molecule has 1 aromatic carbocycles. The lowest BCUT2D eigenvalue weighted by Gasteiger charge is -1.98. The summed E-state index contributed by atoms with van der Waals surface area (Å²) in [6.45, 7) is 0. The smallest absolute Gasteiger partial charge is 0.0337 e. The standard InChI is InChI=1S/C12H10/c1-3-6-11-8-5-9-12(10-11)7-4-2/h1-2,5,8-10H,6-7H2. The van der Waals surface area contributed by atoms with Gasteiger partial charge in [-0.25, -0.2) is 0 Å². The van der Waals surface area contributed by atoms with Gasteiger partial charge in [-0.1, -0.05) is 24.3 Å². The van der Waals surface area contributed by atoms with Gasteiger partial charge in [-0.05, 0) is 11.1 Å². The summed E-state index contributed by atoms with van der Waals surface area (Å²) in [6, 6.07) is 8.07. The Bertz CT molecular complexity index is 303. The van der Waals surface area contributed by atoms with Crippen molar-refractivity contribution >= 4 is 0 Å². The Morgan fingerprint density at radius 2 is 1.50 bits per heavy atom. The minimum Gasteiger partial charge on any atom is -0.120 e. The van der Waals surface area contributed by atoms with E-state index in [9.17, 15) is 0 Å². The molecule has 58 valence electrons. The van der Waals surface area contributed by atoms with Gasteiger partial charge in [0.15, 0.2) is 0 Å². The van der Waals surface area contributed by atoms with Gasteiger partial charge in [0.05, 0.1) is 0 Å². The maximum Gasteiger partial charge on any atom is 0.0337 e. The van der Waals surface area contributed by atoms with Crippen LogP contribution in [0.1, 0.15) is 11.1 Å². The SMILES string of the molecule is C#CCc1cccc(CC#C)c1. The number of rotatable bonds is 2. The highest BCUT2D eigenvalue weighted by molar-refractivity contribution is 5.28. The van der Waals surface area contributed by atoms with Crippen LogP contribution in [0, 0.1) is 24.7 Å². The summed E-state index contributed by atoms with van der Waals surface area (Å²) in [5.74, 6) is 5.20. The van der Waals surface area contributed by atoms with Crippen molar-refractivity contribution in [2.75, 3.05) is 0 Å². The molecule has 0 nitrogen and oxygen atoms in total. The largest absolute Gasteiger partial charge is 0.120 e. The Morgan fingerprint density at radius 1 is 1.00 bits per heavy atom. The summed E-state index contributed by atoms with van der Waals surface area (Å²) >= 11 is 0. The Hall–Kier alpha value is -1.66. The van der Waals surface area contributed by atoms with Crippen LogP contribution in [-0.2, 0) is 12.8 Å². The molecule has 1 rings (SSSR count). The Balaban J connectivity index is 2.84. The quantitative estimate of drug-likeness (QED) is 0.572. The zero-order chi connectivity index (χ0) is 8.81. The Labute approximate surface area is 73.6 Å². The highest BCUT2D eigenvalue weighted by Gasteiger charge is 1.92. The van der Waals surface area contributed by atoms with Crippen LogP contribution in [-0.4, -0.2) is 0 Å². The van der Waals surface area contributed by atoms with Gasteiger partial charge in [-0.2, -0.15) is 0 Å². The fourth-order valence-electron chi connectivity index (χ4n) is 1.09. The van der Waals surface area contributed by atoms with E-state index >= 15 is 0 Å². The molecular formula is C12H10. The second-order valence-corrected chi connectivity index (χ2v) is 2.58. The van der Waals surface area contributed by atoms with Crippen molar-refractivity contribution in [3.8, 4) is 24.7 Å². The molecule has 0 aliphatic carbocycles. The van der Waals surface area contributed by atoms with Gasteiger partial charge in [-0.15, -0.1) is 24.7 Å². The Kier molecular flexibility index (Phi) is 3.00. The first-order chi connectivity index (χ1) is 5.86. The van der Waals surface area contributed by atoms with Crippen molar-refractivity contribution in [2.45, 2.75) is 12.8 Å². The molecule has 1 aromatic rings. The lowest BCUT2D eigenvalue weighted by molar-refractivity contribution is 1.24. The van der Waals surface area contributed by atoms with Crippen LogP contribution in [0.5, 0.6) is 0 Å². The van der Waals surface area contributed by atoms with Crippen molar-refractivity contribution in [1.29, 1.82) is 0 Å². The number of hydrogen-bond donors (Lipinski definition) is 0. The van der Waals surface area contributed by atoms with E-state index in [4.69, 9.17) is 12.8 Å². The van der Waals surface area contributed by atoms with Crippen molar-refractivity contribution in [2.24, 2.45) is 0 Å². The third-order valence-corrected chi connectivity index (χ3v) is 1.60. The van der Waals surface area contributed by atoms with Crippen molar-refractivity contribution in [3.05, 3.63) is 35.4 Å². The highest BCUT2D eigenvalue weighted by atomic mass is 14.0. The van der Waals surface area contributed by atoms with Gasteiger partial charge in [0, 0.05) is 12.8 Å². The van der Waals surface area contributed by atoms with Crippen molar-refractivity contribution in [3.63, 3.8) is 0 Å². The molecule has 0 fully saturated rings. The monoisotopic (exact) mass is 154 g/mol. The summed E-state index contributed by atoms with van der Waals surface area (Å²) in [7, 11) is 0. The summed E-state index contributed by atoms with van der Waals surface area (Å²) in [6.07, 6.45) is 11.7. The van der Waals surface area contributed by atoms with E-state index in [1.54, 1.807) is 0 Å². The molecule has 0 saturated heterocycles. The van der Waals surface area contributed by atoms with Gasteiger partial charge < -0.3 is 0 Å². The summed E-state index contributed by atoms with van der Waals surface area (Å²) in [5, 5.41) is 0. The molecule has 0 N–H and O–H groups in total. The molecule has 0 bridgehead atoms. The first kappa shape index (κ1) is 8.44. The van der Waals surface area contributed by atoms with Gasteiger partial charge >= 0.3 is 0 Å². The summed E-state index contributed by atoms with van der Waals surface area (Å²) < 4.78 is 0. The highest BCUT2D eigenvalue weighted by Crippen LogP contribution is 2.05. The third kappa shape index (κ3) is 2.19. The number of terminal acetylenes is 2. The lowest BCUT2D eigenvalue weighted by Crippen LogP contribution is -1.85. The van der Waals surface area contributed by atoms with E-state index in [0.717, 1.165) is 11.1 Å². The van der Waals surface area contributed by atoms with Crippen LogP contribution in [0.15, 0.2) is 24.3 Å². The average molecular weight is 154 g/mol. The predicted molar refractivity (Wildman–Crippen MR) is 51.5 cm³/mol. The zero-order valence-corrected chi connectivity index (χ0v) is 6.88. The lowest BCUT2D eigenvalue weighted by atomic mass is 10.1. The minimum absolute atomic E-state index is 0.679. The molecule has 0 amide bonds. The number of benzene rings is 1. The second kappa shape index (κ2) is 4.27. The molecule has 0 heteroatoms. The molecule has 0 radical (unpaired) electrons. The van der Waals surface area contributed by atoms with Crippen LogP contribution < -0.4 is 0 Å². The van der Waals surface area contributed by atoms with Crippen molar-refractivity contribution < 1.29 is 0 Å². The summed E-state index contributed by atoms with van der Waals surface area (Å²) in [4.78, 5) is 0. The maximum atomic E-state index is 5.19. The van der Waals surface area contributed by atoms with Crippen LogP contribution in [0.25, 0.3) is 0 Å². The van der Waals surface area contributed by atoms with Crippen LogP contribution in [0.4, 0.5) is 0 Å². The van der Waals surface area contributed by atoms with Gasteiger partial charge in [0.2, 0.25) is 0 Å². The first-order valence-corrected chi connectivity index (χ1v) is 3.81. The summed E-state index contributed by atoms with van der Waals surface area (Å²) in [5.41, 5.74) is 2.32. The van der Waals surface area contributed by atoms with E-state index in [-0.39, 0.29) is 0 Å². The molecular weight excluding hydrogens is 144 g/mol. The molecule has 0 aliphatic heterocycles. The van der Waals surface area contributed by atoms with E-state index in [1.165, 1.54) is 0 Å². The van der Waals surface area contributed by atoms with Crippen LogP contribution in [0.2, 0.25) is 0 Å². The van der Waals surface area contributed by atoms with Crippen molar-refractivity contribution in [1.82, 2.24) is 0 Å². The van der Waals surface area contributed by atoms with E-state index < -0.39 is 0 Å². The zero-order valence-electron chi connectivity index (χ0n) is 6.88. The van der Waals surface area contributed by atoms with E-state index in [0.29, 0.717) is 12.8 Å². The fraction of sp³-hybridized carbons (Fsp3) is 0.167. The van der Waals surface area contributed by atoms with Crippen LogP contribution in [0.3, 0.4) is 0 Å². The third-order valence-electron chi connectivity index (χ3n) is 1.60. The maximum absolute atomic E-state index is 5.19. The van der Waals surface area contributed by atoms with Crippen LogP contribution >= 0.6 is 0 Å². The molecule has 0 unspecified atom stereocenters. The van der Waals surface area contributed by atoms with Gasteiger partial charge in [-0.3, -0.25) is 0 Å². The van der Waals surface area contributed by atoms with E-state index in [2.05, 4.69) is 17.9 Å². The van der Waals surface area contributed by atoms with E-state index in [1.807, 2.05) is 18.2 Å². The minimum atomic E-state index is 0.679.